The third-order valence-electron chi connectivity index (χ3n) is 4.82. The fourth-order valence-corrected chi connectivity index (χ4v) is 3.09. The molecule has 4 heteroatoms. The van der Waals surface area contributed by atoms with Crippen LogP contribution in [-0.2, 0) is 4.74 Å². The van der Waals surface area contributed by atoms with Crippen LogP contribution in [0.3, 0.4) is 0 Å². The molecule has 0 aliphatic carbocycles. The van der Waals surface area contributed by atoms with Gasteiger partial charge in [0, 0.05) is 0 Å². The minimum Gasteiger partial charge on any atom is -0.394 e. The third kappa shape index (κ3) is 18.4. The Hall–Kier alpha value is -0.160. The standard InChI is InChI=1S/C21H44O4/c1-2-3-4-5-6-7-8-9-10-11-12-13-14-15-16-21(18-23)25-19-20(24)17-22/h20-24H,2-19H2,1H3. The van der Waals surface area contributed by atoms with Gasteiger partial charge in [-0.2, -0.15) is 0 Å². The Morgan fingerprint density at radius 3 is 1.48 bits per heavy atom. The lowest BCUT2D eigenvalue weighted by Gasteiger charge is -2.17. The van der Waals surface area contributed by atoms with Crippen LogP contribution in [-0.4, -0.2) is 47.3 Å². The monoisotopic (exact) mass is 360 g/mol. The van der Waals surface area contributed by atoms with Gasteiger partial charge in [-0.25, -0.2) is 0 Å². The quantitative estimate of drug-likeness (QED) is 0.278. The van der Waals surface area contributed by atoms with Crippen LogP contribution in [0.2, 0.25) is 0 Å². The van der Waals surface area contributed by atoms with Crippen LogP contribution in [0.25, 0.3) is 0 Å². The Morgan fingerprint density at radius 2 is 1.08 bits per heavy atom. The summed E-state index contributed by atoms with van der Waals surface area (Å²) in [6.07, 6.45) is 18.5. The molecule has 152 valence electrons. The summed E-state index contributed by atoms with van der Waals surface area (Å²) in [7, 11) is 0. The average Bonchev–Trinajstić information content (AvgIpc) is 2.64. The first kappa shape index (κ1) is 24.8. The van der Waals surface area contributed by atoms with Crippen molar-refractivity contribution in [2.24, 2.45) is 0 Å². The van der Waals surface area contributed by atoms with Crippen molar-refractivity contribution < 1.29 is 20.1 Å². The van der Waals surface area contributed by atoms with Crippen molar-refractivity contribution in [3.8, 4) is 0 Å². The highest BCUT2D eigenvalue weighted by molar-refractivity contribution is 4.59. The summed E-state index contributed by atoms with van der Waals surface area (Å²) >= 11 is 0. The molecule has 0 aromatic carbocycles. The molecule has 0 amide bonds. The molecule has 4 nitrogen and oxygen atoms in total. The highest BCUT2D eigenvalue weighted by Gasteiger charge is 2.10. The molecule has 0 radical (unpaired) electrons. The molecule has 0 bridgehead atoms. The summed E-state index contributed by atoms with van der Waals surface area (Å²) in [5.41, 5.74) is 0. The lowest BCUT2D eigenvalue weighted by molar-refractivity contribution is -0.0491. The van der Waals surface area contributed by atoms with Crippen molar-refractivity contribution in [1.29, 1.82) is 0 Å². The van der Waals surface area contributed by atoms with E-state index in [1.807, 2.05) is 0 Å². The molecule has 0 fully saturated rings. The van der Waals surface area contributed by atoms with Crippen LogP contribution in [0.15, 0.2) is 0 Å². The molecule has 0 aromatic heterocycles. The van der Waals surface area contributed by atoms with Gasteiger partial charge < -0.3 is 20.1 Å². The van der Waals surface area contributed by atoms with E-state index in [0.29, 0.717) is 0 Å². The minimum atomic E-state index is -0.842. The highest BCUT2D eigenvalue weighted by Crippen LogP contribution is 2.14. The first-order chi connectivity index (χ1) is 12.2. The molecule has 2 unspecified atom stereocenters. The molecular weight excluding hydrogens is 316 g/mol. The summed E-state index contributed by atoms with van der Waals surface area (Å²) in [6, 6.07) is 0. The molecule has 0 saturated carbocycles. The van der Waals surface area contributed by atoms with Gasteiger partial charge >= 0.3 is 0 Å². The van der Waals surface area contributed by atoms with E-state index in [2.05, 4.69) is 6.92 Å². The highest BCUT2D eigenvalue weighted by atomic mass is 16.5. The molecule has 0 aliphatic rings. The van der Waals surface area contributed by atoms with Gasteiger partial charge in [-0.05, 0) is 6.42 Å². The van der Waals surface area contributed by atoms with Gasteiger partial charge in [0.25, 0.3) is 0 Å². The van der Waals surface area contributed by atoms with E-state index in [0.717, 1.165) is 12.8 Å². The summed E-state index contributed by atoms with van der Waals surface area (Å²) < 4.78 is 5.40. The maximum Gasteiger partial charge on any atom is 0.100 e. The zero-order valence-corrected chi connectivity index (χ0v) is 16.6. The van der Waals surface area contributed by atoms with E-state index >= 15 is 0 Å². The Morgan fingerprint density at radius 1 is 0.640 bits per heavy atom. The van der Waals surface area contributed by atoms with Crippen molar-refractivity contribution in [3.63, 3.8) is 0 Å². The summed E-state index contributed by atoms with van der Waals surface area (Å²) in [5, 5.41) is 27.2. The van der Waals surface area contributed by atoms with Gasteiger partial charge in [-0.15, -0.1) is 0 Å². The van der Waals surface area contributed by atoms with Gasteiger partial charge in [0.1, 0.15) is 6.10 Å². The maximum absolute atomic E-state index is 9.25. The van der Waals surface area contributed by atoms with Gasteiger partial charge in [0.2, 0.25) is 0 Å². The smallest absolute Gasteiger partial charge is 0.100 e. The van der Waals surface area contributed by atoms with Gasteiger partial charge in [-0.3, -0.25) is 0 Å². The zero-order chi connectivity index (χ0) is 18.6. The zero-order valence-electron chi connectivity index (χ0n) is 16.6. The minimum absolute atomic E-state index is 0.0173. The van der Waals surface area contributed by atoms with E-state index in [-0.39, 0.29) is 25.9 Å². The predicted molar refractivity (Wildman–Crippen MR) is 105 cm³/mol. The summed E-state index contributed by atoms with van der Waals surface area (Å²) in [4.78, 5) is 0. The second-order valence-corrected chi connectivity index (χ2v) is 7.36. The SMILES string of the molecule is CCCCCCCCCCCCCCCCC(CO)OCC(O)CO. The van der Waals surface area contributed by atoms with Crippen molar-refractivity contribution in [2.45, 2.75) is 115 Å². The maximum atomic E-state index is 9.25. The normalized spacial score (nSPS) is 13.9. The number of hydrogen-bond donors (Lipinski definition) is 3. The molecule has 2 atom stereocenters. The van der Waals surface area contributed by atoms with Gasteiger partial charge in [0.15, 0.2) is 0 Å². The molecule has 3 N–H and O–H groups in total. The lowest BCUT2D eigenvalue weighted by atomic mass is 10.0. The Balaban J connectivity index is 3.24. The third-order valence-corrected chi connectivity index (χ3v) is 4.82. The van der Waals surface area contributed by atoms with E-state index < -0.39 is 6.10 Å². The fraction of sp³-hybridized carbons (Fsp3) is 1.00. The van der Waals surface area contributed by atoms with E-state index in [9.17, 15) is 10.2 Å². The topological polar surface area (TPSA) is 69.9 Å². The van der Waals surface area contributed by atoms with Gasteiger partial charge in [0.05, 0.1) is 25.9 Å². The second kappa shape index (κ2) is 20.2. The first-order valence-corrected chi connectivity index (χ1v) is 10.8. The van der Waals surface area contributed by atoms with Crippen LogP contribution in [0.4, 0.5) is 0 Å². The van der Waals surface area contributed by atoms with Crippen LogP contribution in [0.5, 0.6) is 0 Å². The van der Waals surface area contributed by atoms with Crippen LogP contribution in [0, 0.1) is 0 Å². The van der Waals surface area contributed by atoms with Crippen LogP contribution < -0.4 is 0 Å². The van der Waals surface area contributed by atoms with E-state index in [4.69, 9.17) is 9.84 Å². The first-order valence-electron chi connectivity index (χ1n) is 10.8. The molecule has 0 spiro atoms. The fourth-order valence-electron chi connectivity index (χ4n) is 3.09. The predicted octanol–water partition coefficient (Wildman–Crippen LogP) is 4.59. The Labute approximate surface area is 156 Å². The molecule has 0 rings (SSSR count). The molecule has 0 heterocycles. The van der Waals surface area contributed by atoms with Crippen molar-refractivity contribution in [2.75, 3.05) is 19.8 Å². The number of aliphatic hydroxyl groups excluding tert-OH is 3. The van der Waals surface area contributed by atoms with Crippen molar-refractivity contribution >= 4 is 0 Å². The Kier molecular flexibility index (Phi) is 20.0. The number of ether oxygens (including phenoxy) is 1. The molecular formula is C21H44O4. The van der Waals surface area contributed by atoms with E-state index in [1.54, 1.807) is 0 Å². The largest absolute Gasteiger partial charge is 0.394 e. The van der Waals surface area contributed by atoms with E-state index in [1.165, 1.54) is 83.5 Å². The van der Waals surface area contributed by atoms with Crippen LogP contribution in [0.1, 0.15) is 103 Å². The molecule has 0 aliphatic heterocycles. The van der Waals surface area contributed by atoms with Crippen LogP contribution >= 0.6 is 0 Å². The molecule has 0 saturated heterocycles. The number of unbranched alkanes of at least 4 members (excludes halogenated alkanes) is 13. The summed E-state index contributed by atoms with van der Waals surface area (Å²) in [6.45, 7) is 2.05. The summed E-state index contributed by atoms with van der Waals surface area (Å²) in [5.74, 6) is 0. The molecule has 25 heavy (non-hydrogen) atoms. The molecule has 0 aromatic rings. The number of rotatable bonds is 20. The van der Waals surface area contributed by atoms with Crippen molar-refractivity contribution in [3.05, 3.63) is 0 Å². The lowest BCUT2D eigenvalue weighted by Crippen LogP contribution is -2.26. The number of aliphatic hydroxyl groups is 3. The number of hydrogen-bond acceptors (Lipinski definition) is 4. The average molecular weight is 361 g/mol. The Bertz CT molecular complexity index is 248. The second-order valence-electron chi connectivity index (χ2n) is 7.36. The van der Waals surface area contributed by atoms with Gasteiger partial charge in [-0.1, -0.05) is 96.8 Å². The van der Waals surface area contributed by atoms with Crippen molar-refractivity contribution in [1.82, 2.24) is 0 Å².